The molecule has 0 spiro atoms. The number of hydrogen-bond donors (Lipinski definition) is 2. The van der Waals surface area contributed by atoms with Crippen LogP contribution in [0, 0.1) is 0 Å². The monoisotopic (exact) mass is 266 g/mol. The molecular formula is C15H14N4O. The van der Waals surface area contributed by atoms with E-state index in [-0.39, 0.29) is 5.91 Å². The molecule has 1 aromatic carbocycles. The number of fused-ring (bicyclic) bond motifs is 1. The molecule has 2 heterocycles. The molecule has 0 radical (unpaired) electrons. The van der Waals surface area contributed by atoms with Gasteiger partial charge in [0.1, 0.15) is 5.82 Å². The van der Waals surface area contributed by atoms with E-state index >= 15 is 0 Å². The van der Waals surface area contributed by atoms with Crippen molar-refractivity contribution >= 4 is 28.3 Å². The van der Waals surface area contributed by atoms with Crippen molar-refractivity contribution in [1.82, 2.24) is 9.97 Å². The van der Waals surface area contributed by atoms with Crippen molar-refractivity contribution in [3.8, 4) is 0 Å². The van der Waals surface area contributed by atoms with Crippen LogP contribution in [-0.4, -0.2) is 22.9 Å². The number of carbonyl (C=O) groups excluding carboxylic acids is 1. The molecule has 20 heavy (non-hydrogen) atoms. The summed E-state index contributed by atoms with van der Waals surface area (Å²) in [4.78, 5) is 21.3. The summed E-state index contributed by atoms with van der Waals surface area (Å²) in [6.45, 7) is 0. The second-order valence-electron chi connectivity index (χ2n) is 4.56. The van der Waals surface area contributed by atoms with E-state index in [9.17, 15) is 4.79 Å². The first-order valence-corrected chi connectivity index (χ1v) is 6.22. The van der Waals surface area contributed by atoms with E-state index in [4.69, 9.17) is 5.73 Å². The minimum Gasteiger partial charge on any atom is -0.399 e. The molecular weight excluding hydrogens is 252 g/mol. The summed E-state index contributed by atoms with van der Waals surface area (Å²) in [5.74, 6) is 0.502. The zero-order valence-corrected chi connectivity index (χ0v) is 11.0. The number of rotatable bonds is 2. The quantitative estimate of drug-likeness (QED) is 0.699. The summed E-state index contributed by atoms with van der Waals surface area (Å²) in [6, 6.07) is 10.9. The Bertz CT molecular complexity index is 764. The van der Waals surface area contributed by atoms with E-state index in [1.54, 1.807) is 31.6 Å². The van der Waals surface area contributed by atoms with Crippen LogP contribution in [0.4, 0.5) is 11.5 Å². The first-order valence-electron chi connectivity index (χ1n) is 6.22. The van der Waals surface area contributed by atoms with E-state index in [1.807, 2.05) is 24.3 Å². The third kappa shape index (κ3) is 1.99. The molecule has 2 aromatic heterocycles. The lowest BCUT2D eigenvalue weighted by atomic mass is 10.1. The summed E-state index contributed by atoms with van der Waals surface area (Å²) in [5.41, 5.74) is 7.85. The Morgan fingerprint density at radius 2 is 2.15 bits per heavy atom. The number of H-pyrrole nitrogens is 1. The number of aromatic amines is 1. The van der Waals surface area contributed by atoms with Gasteiger partial charge >= 0.3 is 0 Å². The van der Waals surface area contributed by atoms with Crippen LogP contribution in [0.25, 0.3) is 10.9 Å². The second-order valence-corrected chi connectivity index (χ2v) is 4.56. The van der Waals surface area contributed by atoms with Gasteiger partial charge in [-0.25, -0.2) is 4.98 Å². The predicted molar refractivity (Wildman–Crippen MR) is 79.7 cm³/mol. The largest absolute Gasteiger partial charge is 0.399 e. The Balaban J connectivity index is 2.01. The number of nitrogen functional groups attached to an aromatic ring is 1. The minimum absolute atomic E-state index is 0.111. The van der Waals surface area contributed by atoms with Crippen molar-refractivity contribution in [2.24, 2.45) is 0 Å². The highest BCUT2D eigenvalue weighted by Crippen LogP contribution is 2.23. The number of hydrogen-bond acceptors (Lipinski definition) is 3. The van der Waals surface area contributed by atoms with E-state index in [2.05, 4.69) is 9.97 Å². The predicted octanol–water partition coefficient (Wildman–Crippen LogP) is 2.42. The van der Waals surface area contributed by atoms with Crippen LogP contribution in [-0.2, 0) is 0 Å². The maximum Gasteiger partial charge on any atom is 0.261 e. The molecule has 3 aromatic rings. The van der Waals surface area contributed by atoms with Crippen LogP contribution in [0.15, 0.2) is 48.8 Å². The lowest BCUT2D eigenvalue weighted by Crippen LogP contribution is -2.26. The highest BCUT2D eigenvalue weighted by atomic mass is 16.2. The second kappa shape index (κ2) is 4.70. The lowest BCUT2D eigenvalue weighted by Gasteiger charge is -2.15. The Morgan fingerprint density at radius 3 is 2.90 bits per heavy atom. The third-order valence-corrected chi connectivity index (χ3v) is 3.23. The summed E-state index contributed by atoms with van der Waals surface area (Å²) >= 11 is 0. The number of carbonyl (C=O) groups is 1. The normalized spacial score (nSPS) is 10.7. The average Bonchev–Trinajstić information content (AvgIpc) is 2.89. The number of pyridine rings is 1. The number of aromatic nitrogens is 2. The fourth-order valence-electron chi connectivity index (χ4n) is 2.16. The van der Waals surface area contributed by atoms with E-state index in [0.29, 0.717) is 17.1 Å². The molecule has 0 fully saturated rings. The maximum absolute atomic E-state index is 12.5. The minimum atomic E-state index is -0.111. The van der Waals surface area contributed by atoms with Gasteiger partial charge < -0.3 is 10.7 Å². The molecule has 0 atom stereocenters. The fourth-order valence-corrected chi connectivity index (χ4v) is 2.16. The van der Waals surface area contributed by atoms with Crippen molar-refractivity contribution in [2.75, 3.05) is 17.7 Å². The summed E-state index contributed by atoms with van der Waals surface area (Å²) in [6.07, 6.45) is 3.36. The zero-order valence-electron chi connectivity index (χ0n) is 11.0. The number of nitrogens with two attached hydrogens (primary N) is 1. The topological polar surface area (TPSA) is 75.0 Å². The van der Waals surface area contributed by atoms with Gasteiger partial charge in [0.2, 0.25) is 0 Å². The number of anilines is 2. The number of nitrogens with one attached hydrogen (secondary N) is 1. The Morgan fingerprint density at radius 1 is 1.30 bits per heavy atom. The smallest absolute Gasteiger partial charge is 0.261 e. The molecule has 0 saturated heterocycles. The van der Waals surface area contributed by atoms with E-state index in [1.165, 1.54) is 4.90 Å². The van der Waals surface area contributed by atoms with Gasteiger partial charge in [0.25, 0.3) is 5.91 Å². The van der Waals surface area contributed by atoms with Gasteiger partial charge in [-0.2, -0.15) is 0 Å². The summed E-state index contributed by atoms with van der Waals surface area (Å²) in [5, 5.41) is 0.854. The molecule has 1 amide bonds. The van der Waals surface area contributed by atoms with Gasteiger partial charge in [-0.05, 0) is 30.3 Å². The molecule has 3 N–H and O–H groups in total. The Hall–Kier alpha value is -2.82. The Labute approximate surface area is 116 Å². The number of nitrogens with zero attached hydrogens (tertiary/aromatic N) is 2. The average molecular weight is 266 g/mol. The van der Waals surface area contributed by atoms with Gasteiger partial charge in [-0.1, -0.05) is 6.07 Å². The molecule has 0 aliphatic heterocycles. The number of benzene rings is 1. The van der Waals surface area contributed by atoms with Gasteiger partial charge in [0.05, 0.1) is 5.56 Å². The van der Waals surface area contributed by atoms with Gasteiger partial charge in [-0.3, -0.25) is 9.69 Å². The van der Waals surface area contributed by atoms with Crippen LogP contribution >= 0.6 is 0 Å². The van der Waals surface area contributed by atoms with Crippen molar-refractivity contribution in [1.29, 1.82) is 0 Å². The summed E-state index contributed by atoms with van der Waals surface area (Å²) in [7, 11) is 1.71. The third-order valence-electron chi connectivity index (χ3n) is 3.23. The highest BCUT2D eigenvalue weighted by Gasteiger charge is 2.18. The van der Waals surface area contributed by atoms with Gasteiger partial charge in [0, 0.05) is 36.0 Å². The van der Waals surface area contributed by atoms with Crippen LogP contribution in [0.2, 0.25) is 0 Å². The van der Waals surface area contributed by atoms with Crippen LogP contribution < -0.4 is 10.6 Å². The fraction of sp³-hybridized carbons (Fsp3) is 0.0667. The van der Waals surface area contributed by atoms with Crippen molar-refractivity contribution < 1.29 is 4.79 Å². The van der Waals surface area contributed by atoms with Crippen LogP contribution in [0.3, 0.4) is 0 Å². The van der Waals surface area contributed by atoms with Crippen molar-refractivity contribution in [3.63, 3.8) is 0 Å². The standard InChI is InChI=1S/C15H14N4O/c1-19(14-4-2-3-7-17-14)15(20)12-9-18-13-8-10(16)5-6-11(12)13/h2-9,18H,16H2,1H3. The van der Waals surface area contributed by atoms with Gasteiger partial charge in [-0.15, -0.1) is 0 Å². The number of amides is 1. The van der Waals surface area contributed by atoms with E-state index < -0.39 is 0 Å². The van der Waals surface area contributed by atoms with Gasteiger partial charge in [0.15, 0.2) is 0 Å². The molecule has 5 heteroatoms. The molecule has 0 aliphatic rings. The lowest BCUT2D eigenvalue weighted by molar-refractivity contribution is 0.0994. The molecule has 0 aliphatic carbocycles. The first-order chi connectivity index (χ1) is 9.66. The van der Waals surface area contributed by atoms with Crippen molar-refractivity contribution in [3.05, 3.63) is 54.4 Å². The molecule has 3 rings (SSSR count). The van der Waals surface area contributed by atoms with Crippen LogP contribution in [0.1, 0.15) is 10.4 Å². The molecule has 5 nitrogen and oxygen atoms in total. The zero-order chi connectivity index (χ0) is 14.1. The first kappa shape index (κ1) is 12.2. The maximum atomic E-state index is 12.5. The van der Waals surface area contributed by atoms with Crippen LogP contribution in [0.5, 0.6) is 0 Å². The molecule has 100 valence electrons. The molecule has 0 saturated carbocycles. The SMILES string of the molecule is CN(C(=O)c1c[nH]c2cc(N)ccc12)c1ccccn1. The summed E-state index contributed by atoms with van der Waals surface area (Å²) < 4.78 is 0. The van der Waals surface area contributed by atoms with E-state index in [0.717, 1.165) is 10.9 Å². The highest BCUT2D eigenvalue weighted by molar-refractivity contribution is 6.13. The molecule has 0 bridgehead atoms. The molecule has 0 unspecified atom stereocenters. The van der Waals surface area contributed by atoms with Crippen molar-refractivity contribution in [2.45, 2.75) is 0 Å². The Kier molecular flexibility index (Phi) is 2.87.